The quantitative estimate of drug-likeness (QED) is 0.638. The molecule has 1 aliphatic carbocycles. The van der Waals surface area contributed by atoms with E-state index < -0.39 is 0 Å². The molecule has 114 valence electrons. The number of hydrogen-bond acceptors (Lipinski definition) is 2. The van der Waals surface area contributed by atoms with Gasteiger partial charge in [-0.05, 0) is 37.8 Å². The molecule has 0 spiro atoms. The summed E-state index contributed by atoms with van der Waals surface area (Å²) in [4.78, 5) is 12.2. The lowest BCUT2D eigenvalue weighted by atomic mass is 9.98. The molecule has 0 N–H and O–H groups in total. The van der Waals surface area contributed by atoms with Gasteiger partial charge in [-0.25, -0.2) is 9.36 Å². The second-order valence-corrected chi connectivity index (χ2v) is 5.91. The standard InChI is InChI=1S/C19H22NO2/c21-19(22-18-7-3-1-4-8-18)17-11-9-16(10-12-17)15-20-13-5-2-6-14-20/h2,5-6,9-14,18H,1,3-4,7-8,15H2/q+1. The molecule has 1 aromatic heterocycles. The first-order valence-electron chi connectivity index (χ1n) is 8.05. The van der Waals surface area contributed by atoms with Crippen LogP contribution in [-0.4, -0.2) is 12.1 Å². The predicted octanol–water partition coefficient (Wildman–Crippen LogP) is 3.51. The third kappa shape index (κ3) is 3.94. The number of esters is 1. The summed E-state index contributed by atoms with van der Waals surface area (Å²) in [5, 5.41) is 0. The minimum absolute atomic E-state index is 0.112. The number of aromatic nitrogens is 1. The highest BCUT2D eigenvalue weighted by molar-refractivity contribution is 5.89. The third-order valence-electron chi connectivity index (χ3n) is 4.16. The Morgan fingerprint density at radius 2 is 1.68 bits per heavy atom. The molecular formula is C19H22NO2+. The lowest BCUT2D eigenvalue weighted by Crippen LogP contribution is -2.32. The Morgan fingerprint density at radius 3 is 2.36 bits per heavy atom. The van der Waals surface area contributed by atoms with E-state index in [0.29, 0.717) is 5.56 Å². The fraction of sp³-hybridized carbons (Fsp3) is 0.368. The number of pyridine rings is 1. The second-order valence-electron chi connectivity index (χ2n) is 5.91. The van der Waals surface area contributed by atoms with Crippen LogP contribution in [0, 0.1) is 0 Å². The van der Waals surface area contributed by atoms with Gasteiger partial charge in [0.15, 0.2) is 18.9 Å². The Bertz CT molecular complexity index is 601. The smallest absolute Gasteiger partial charge is 0.338 e. The molecule has 0 saturated heterocycles. The van der Waals surface area contributed by atoms with Gasteiger partial charge in [-0.1, -0.05) is 24.6 Å². The number of benzene rings is 1. The van der Waals surface area contributed by atoms with Gasteiger partial charge in [0.05, 0.1) is 5.56 Å². The summed E-state index contributed by atoms with van der Waals surface area (Å²) in [6, 6.07) is 13.7. The van der Waals surface area contributed by atoms with Crippen LogP contribution in [0.5, 0.6) is 0 Å². The average Bonchev–Trinajstić information content (AvgIpc) is 2.57. The summed E-state index contributed by atoms with van der Waals surface area (Å²) in [6.07, 6.45) is 9.80. The molecule has 22 heavy (non-hydrogen) atoms. The van der Waals surface area contributed by atoms with Gasteiger partial charge < -0.3 is 4.74 Å². The summed E-state index contributed by atoms with van der Waals surface area (Å²) >= 11 is 0. The zero-order valence-electron chi connectivity index (χ0n) is 12.8. The first kappa shape index (κ1) is 14.8. The fourth-order valence-electron chi connectivity index (χ4n) is 2.90. The van der Waals surface area contributed by atoms with Crippen LogP contribution >= 0.6 is 0 Å². The van der Waals surface area contributed by atoms with Crippen molar-refractivity contribution in [2.24, 2.45) is 0 Å². The highest BCUT2D eigenvalue weighted by Gasteiger charge is 2.18. The Morgan fingerprint density at radius 1 is 1.00 bits per heavy atom. The minimum Gasteiger partial charge on any atom is -0.459 e. The summed E-state index contributed by atoms with van der Waals surface area (Å²) < 4.78 is 7.70. The van der Waals surface area contributed by atoms with Crippen LogP contribution in [-0.2, 0) is 11.3 Å². The monoisotopic (exact) mass is 296 g/mol. The van der Waals surface area contributed by atoms with E-state index in [9.17, 15) is 4.79 Å². The topological polar surface area (TPSA) is 30.2 Å². The van der Waals surface area contributed by atoms with Gasteiger partial charge >= 0.3 is 5.97 Å². The highest BCUT2D eigenvalue weighted by atomic mass is 16.5. The molecule has 1 aliphatic rings. The number of carbonyl (C=O) groups is 1. The number of nitrogens with zero attached hydrogens (tertiary/aromatic N) is 1. The molecule has 1 saturated carbocycles. The molecule has 3 heteroatoms. The zero-order valence-corrected chi connectivity index (χ0v) is 12.8. The van der Waals surface area contributed by atoms with Crippen LogP contribution in [0.1, 0.15) is 48.0 Å². The van der Waals surface area contributed by atoms with E-state index in [-0.39, 0.29) is 12.1 Å². The third-order valence-corrected chi connectivity index (χ3v) is 4.16. The SMILES string of the molecule is O=C(OC1CCCCC1)c1ccc(C[n+]2ccccc2)cc1. The van der Waals surface area contributed by atoms with Gasteiger partial charge in [-0.15, -0.1) is 0 Å². The molecule has 3 nitrogen and oxygen atoms in total. The summed E-state index contributed by atoms with van der Waals surface area (Å²) in [7, 11) is 0. The zero-order chi connectivity index (χ0) is 15.2. The Kier molecular flexibility index (Phi) is 4.84. The van der Waals surface area contributed by atoms with Gasteiger partial charge in [0.1, 0.15) is 6.10 Å². The Balaban J connectivity index is 1.59. The van der Waals surface area contributed by atoms with E-state index in [1.807, 2.05) is 54.9 Å². The van der Waals surface area contributed by atoms with Crippen LogP contribution in [0.25, 0.3) is 0 Å². The number of hydrogen-bond donors (Lipinski definition) is 0. The first-order chi connectivity index (χ1) is 10.8. The Hall–Kier alpha value is -2.16. The van der Waals surface area contributed by atoms with Crippen molar-refractivity contribution < 1.29 is 14.1 Å². The molecule has 1 heterocycles. The minimum atomic E-state index is -0.189. The van der Waals surface area contributed by atoms with Crippen molar-refractivity contribution >= 4 is 5.97 Å². The van der Waals surface area contributed by atoms with Crippen LogP contribution in [0.4, 0.5) is 0 Å². The predicted molar refractivity (Wildman–Crippen MR) is 84.5 cm³/mol. The molecule has 0 atom stereocenters. The molecule has 2 aromatic rings. The maximum atomic E-state index is 12.2. The van der Waals surface area contributed by atoms with Gasteiger partial charge in [0.2, 0.25) is 0 Å². The summed E-state index contributed by atoms with van der Waals surface area (Å²) in [6.45, 7) is 0.804. The molecule has 3 rings (SSSR count). The van der Waals surface area contributed by atoms with E-state index in [1.165, 1.54) is 24.8 Å². The summed E-state index contributed by atoms with van der Waals surface area (Å²) in [5.74, 6) is -0.189. The van der Waals surface area contributed by atoms with E-state index >= 15 is 0 Å². The van der Waals surface area contributed by atoms with Gasteiger partial charge in [-0.2, -0.15) is 0 Å². The van der Waals surface area contributed by atoms with Gasteiger partial charge in [-0.3, -0.25) is 0 Å². The van der Waals surface area contributed by atoms with Crippen LogP contribution in [0.2, 0.25) is 0 Å². The molecular weight excluding hydrogens is 274 g/mol. The number of rotatable bonds is 4. The van der Waals surface area contributed by atoms with Gasteiger partial charge in [0.25, 0.3) is 0 Å². The van der Waals surface area contributed by atoms with E-state index in [4.69, 9.17) is 4.74 Å². The molecule has 1 fully saturated rings. The van der Waals surface area contributed by atoms with E-state index in [0.717, 1.165) is 19.4 Å². The lowest BCUT2D eigenvalue weighted by Gasteiger charge is -2.21. The van der Waals surface area contributed by atoms with Crippen LogP contribution < -0.4 is 4.57 Å². The molecule has 0 unspecified atom stereocenters. The summed E-state index contributed by atoms with van der Waals surface area (Å²) in [5.41, 5.74) is 1.82. The largest absolute Gasteiger partial charge is 0.459 e. The van der Waals surface area contributed by atoms with Crippen LogP contribution in [0.15, 0.2) is 54.9 Å². The fourth-order valence-corrected chi connectivity index (χ4v) is 2.90. The molecule has 0 amide bonds. The molecule has 0 aliphatic heterocycles. The maximum Gasteiger partial charge on any atom is 0.338 e. The second kappa shape index (κ2) is 7.21. The molecule has 1 aromatic carbocycles. The van der Waals surface area contributed by atoms with Crippen molar-refractivity contribution in [1.29, 1.82) is 0 Å². The van der Waals surface area contributed by atoms with Crippen molar-refractivity contribution in [2.45, 2.75) is 44.8 Å². The lowest BCUT2D eigenvalue weighted by molar-refractivity contribution is -0.688. The van der Waals surface area contributed by atoms with Crippen molar-refractivity contribution in [2.75, 3.05) is 0 Å². The van der Waals surface area contributed by atoms with Crippen molar-refractivity contribution in [3.63, 3.8) is 0 Å². The molecule has 0 bridgehead atoms. The molecule has 0 radical (unpaired) electrons. The maximum absolute atomic E-state index is 12.2. The van der Waals surface area contributed by atoms with Gasteiger partial charge in [0, 0.05) is 17.7 Å². The highest BCUT2D eigenvalue weighted by Crippen LogP contribution is 2.21. The first-order valence-corrected chi connectivity index (χ1v) is 8.05. The van der Waals surface area contributed by atoms with E-state index in [2.05, 4.69) is 4.57 Å². The van der Waals surface area contributed by atoms with Crippen molar-refractivity contribution in [3.05, 3.63) is 66.0 Å². The Labute approximate surface area is 131 Å². The average molecular weight is 296 g/mol. The normalized spacial score (nSPS) is 15.5. The number of ether oxygens (including phenoxy) is 1. The van der Waals surface area contributed by atoms with Crippen molar-refractivity contribution in [1.82, 2.24) is 0 Å². The van der Waals surface area contributed by atoms with E-state index in [1.54, 1.807) is 0 Å². The van der Waals surface area contributed by atoms with Crippen LogP contribution in [0.3, 0.4) is 0 Å². The van der Waals surface area contributed by atoms with Crippen molar-refractivity contribution in [3.8, 4) is 0 Å². The number of carbonyl (C=O) groups excluding carboxylic acids is 1.